The second-order valence-corrected chi connectivity index (χ2v) is 4.13. The van der Waals surface area contributed by atoms with Crippen LogP contribution in [-0.2, 0) is 7.05 Å². The molecule has 0 bridgehead atoms. The standard InChI is InChI=1S/C12H15FN4/c1-8-3-9(5-10(13)4-8)12(16-14)11-6-17(2)7-15-11/h3-7,12,16H,14H2,1-2H3. The van der Waals surface area contributed by atoms with E-state index in [9.17, 15) is 4.39 Å². The van der Waals surface area contributed by atoms with Crippen LogP contribution < -0.4 is 11.3 Å². The molecule has 0 fully saturated rings. The van der Waals surface area contributed by atoms with Gasteiger partial charge in [-0.05, 0) is 30.2 Å². The maximum atomic E-state index is 13.4. The van der Waals surface area contributed by atoms with Gasteiger partial charge in [-0.25, -0.2) is 14.8 Å². The van der Waals surface area contributed by atoms with Crippen LogP contribution in [-0.4, -0.2) is 9.55 Å². The number of halogens is 1. The van der Waals surface area contributed by atoms with Gasteiger partial charge in [0, 0.05) is 13.2 Å². The molecule has 1 atom stereocenters. The van der Waals surface area contributed by atoms with Gasteiger partial charge in [-0.15, -0.1) is 0 Å². The molecule has 0 spiro atoms. The number of hydrogen-bond acceptors (Lipinski definition) is 3. The van der Waals surface area contributed by atoms with Gasteiger partial charge in [0.15, 0.2) is 0 Å². The Bertz CT molecular complexity index is 501. The van der Waals surface area contributed by atoms with Crippen molar-refractivity contribution in [1.82, 2.24) is 15.0 Å². The zero-order valence-corrected chi connectivity index (χ0v) is 9.81. The molecule has 0 aliphatic heterocycles. The van der Waals surface area contributed by atoms with Crippen molar-refractivity contribution in [2.24, 2.45) is 12.9 Å². The smallest absolute Gasteiger partial charge is 0.123 e. The summed E-state index contributed by atoms with van der Waals surface area (Å²) in [5, 5.41) is 0. The first-order valence-electron chi connectivity index (χ1n) is 5.31. The summed E-state index contributed by atoms with van der Waals surface area (Å²) in [6.07, 6.45) is 3.54. The number of imidazole rings is 1. The zero-order chi connectivity index (χ0) is 12.4. The van der Waals surface area contributed by atoms with Crippen LogP contribution >= 0.6 is 0 Å². The van der Waals surface area contributed by atoms with Gasteiger partial charge in [-0.3, -0.25) is 5.84 Å². The lowest BCUT2D eigenvalue weighted by Crippen LogP contribution is -2.29. The fourth-order valence-electron chi connectivity index (χ4n) is 1.87. The van der Waals surface area contributed by atoms with E-state index in [2.05, 4.69) is 10.4 Å². The second-order valence-electron chi connectivity index (χ2n) is 4.13. The highest BCUT2D eigenvalue weighted by Crippen LogP contribution is 2.21. The van der Waals surface area contributed by atoms with Gasteiger partial charge in [0.2, 0.25) is 0 Å². The monoisotopic (exact) mass is 234 g/mol. The van der Waals surface area contributed by atoms with Gasteiger partial charge in [-0.2, -0.15) is 0 Å². The highest BCUT2D eigenvalue weighted by atomic mass is 19.1. The largest absolute Gasteiger partial charge is 0.340 e. The van der Waals surface area contributed by atoms with Gasteiger partial charge >= 0.3 is 0 Å². The molecule has 1 heterocycles. The topological polar surface area (TPSA) is 55.9 Å². The van der Waals surface area contributed by atoms with Crippen LogP contribution in [0.25, 0.3) is 0 Å². The maximum Gasteiger partial charge on any atom is 0.123 e. The SMILES string of the molecule is Cc1cc(F)cc(C(NN)c2cn(C)cn2)c1. The van der Waals surface area contributed by atoms with Gasteiger partial charge in [0.1, 0.15) is 5.82 Å². The minimum Gasteiger partial charge on any atom is -0.340 e. The Kier molecular flexibility index (Phi) is 3.21. The fourth-order valence-corrected chi connectivity index (χ4v) is 1.87. The molecule has 0 radical (unpaired) electrons. The summed E-state index contributed by atoms with van der Waals surface area (Å²) in [6.45, 7) is 1.85. The van der Waals surface area contributed by atoms with E-state index in [0.29, 0.717) is 0 Å². The molecular formula is C12H15FN4. The number of benzene rings is 1. The van der Waals surface area contributed by atoms with Crippen LogP contribution in [0.4, 0.5) is 4.39 Å². The van der Waals surface area contributed by atoms with Crippen molar-refractivity contribution in [3.63, 3.8) is 0 Å². The van der Waals surface area contributed by atoms with E-state index in [1.54, 1.807) is 6.33 Å². The number of rotatable bonds is 3. The predicted octanol–water partition coefficient (Wildman–Crippen LogP) is 1.42. The molecule has 0 saturated carbocycles. The summed E-state index contributed by atoms with van der Waals surface area (Å²) < 4.78 is 15.2. The lowest BCUT2D eigenvalue weighted by atomic mass is 10.0. The number of nitrogens with one attached hydrogen (secondary N) is 1. The molecule has 4 nitrogen and oxygen atoms in total. The summed E-state index contributed by atoms with van der Waals surface area (Å²) in [4.78, 5) is 4.22. The molecule has 0 saturated heterocycles. The molecule has 0 aliphatic carbocycles. The van der Waals surface area contributed by atoms with Crippen LogP contribution in [0.3, 0.4) is 0 Å². The normalized spacial score (nSPS) is 12.7. The van der Waals surface area contributed by atoms with Crippen molar-refractivity contribution in [2.45, 2.75) is 13.0 Å². The van der Waals surface area contributed by atoms with E-state index in [4.69, 9.17) is 5.84 Å². The van der Waals surface area contributed by atoms with Crippen LogP contribution in [0.2, 0.25) is 0 Å². The lowest BCUT2D eigenvalue weighted by Gasteiger charge is -2.14. The predicted molar refractivity (Wildman–Crippen MR) is 63.5 cm³/mol. The number of aromatic nitrogens is 2. The Morgan fingerprint density at radius 1 is 1.41 bits per heavy atom. The van der Waals surface area contributed by atoms with Gasteiger partial charge < -0.3 is 4.57 Å². The quantitative estimate of drug-likeness (QED) is 0.624. The van der Waals surface area contributed by atoms with E-state index in [0.717, 1.165) is 16.8 Å². The summed E-state index contributed by atoms with van der Waals surface area (Å²) in [6, 6.07) is 4.54. The van der Waals surface area contributed by atoms with Gasteiger partial charge in [-0.1, -0.05) is 6.07 Å². The molecule has 17 heavy (non-hydrogen) atoms. The van der Waals surface area contributed by atoms with Crippen LogP contribution in [0.15, 0.2) is 30.7 Å². The highest BCUT2D eigenvalue weighted by molar-refractivity contribution is 5.31. The third kappa shape index (κ3) is 2.51. The molecule has 0 amide bonds. The van der Waals surface area contributed by atoms with E-state index in [1.165, 1.54) is 12.1 Å². The first-order chi connectivity index (χ1) is 8.10. The van der Waals surface area contributed by atoms with Crippen molar-refractivity contribution in [1.29, 1.82) is 0 Å². The minimum atomic E-state index is -0.300. The first-order valence-corrected chi connectivity index (χ1v) is 5.31. The molecule has 0 aliphatic rings. The zero-order valence-electron chi connectivity index (χ0n) is 9.81. The molecule has 1 aromatic heterocycles. The van der Waals surface area contributed by atoms with Gasteiger partial charge in [0.25, 0.3) is 0 Å². The van der Waals surface area contributed by atoms with E-state index in [1.807, 2.05) is 30.8 Å². The number of hydrogen-bond donors (Lipinski definition) is 2. The van der Waals surface area contributed by atoms with Crippen LogP contribution in [0.1, 0.15) is 22.9 Å². The van der Waals surface area contributed by atoms with E-state index in [-0.39, 0.29) is 11.9 Å². The van der Waals surface area contributed by atoms with E-state index >= 15 is 0 Å². The third-order valence-corrected chi connectivity index (χ3v) is 2.59. The molecular weight excluding hydrogens is 219 g/mol. The molecule has 2 aromatic rings. The number of nitrogens with two attached hydrogens (primary N) is 1. The number of hydrazine groups is 1. The maximum absolute atomic E-state index is 13.4. The summed E-state index contributed by atoms with van der Waals surface area (Å²) in [5.41, 5.74) is 5.05. The average molecular weight is 234 g/mol. The molecule has 2 rings (SSSR count). The Balaban J connectivity index is 2.41. The van der Waals surface area contributed by atoms with Crippen LogP contribution in [0.5, 0.6) is 0 Å². The molecule has 90 valence electrons. The van der Waals surface area contributed by atoms with E-state index < -0.39 is 0 Å². The number of nitrogens with zero attached hydrogens (tertiary/aromatic N) is 2. The number of aryl methyl sites for hydroxylation is 2. The Labute approximate surface area is 99.2 Å². The molecule has 5 heteroatoms. The Hall–Kier alpha value is -1.72. The van der Waals surface area contributed by atoms with Crippen molar-refractivity contribution >= 4 is 0 Å². The van der Waals surface area contributed by atoms with Gasteiger partial charge in [0.05, 0.1) is 18.1 Å². The first kappa shape index (κ1) is 11.8. The average Bonchev–Trinajstić information content (AvgIpc) is 2.64. The van der Waals surface area contributed by atoms with Crippen LogP contribution in [0, 0.1) is 12.7 Å². The minimum absolute atomic E-state index is 0.267. The van der Waals surface area contributed by atoms with Crippen molar-refractivity contribution in [3.8, 4) is 0 Å². The summed E-state index contributed by atoms with van der Waals surface area (Å²) in [7, 11) is 1.88. The van der Waals surface area contributed by atoms with Crippen molar-refractivity contribution in [2.75, 3.05) is 0 Å². The molecule has 1 aromatic carbocycles. The third-order valence-electron chi connectivity index (χ3n) is 2.59. The Morgan fingerprint density at radius 2 is 2.18 bits per heavy atom. The van der Waals surface area contributed by atoms with Crippen molar-refractivity contribution in [3.05, 3.63) is 53.4 Å². The van der Waals surface area contributed by atoms with Crippen molar-refractivity contribution < 1.29 is 4.39 Å². The summed E-state index contributed by atoms with van der Waals surface area (Å²) in [5.74, 6) is 5.26. The molecule has 3 N–H and O–H groups in total. The summed E-state index contributed by atoms with van der Waals surface area (Å²) >= 11 is 0. The second kappa shape index (κ2) is 4.65. The Morgan fingerprint density at radius 3 is 2.71 bits per heavy atom. The lowest BCUT2D eigenvalue weighted by molar-refractivity contribution is 0.597. The highest BCUT2D eigenvalue weighted by Gasteiger charge is 2.15. The fraction of sp³-hybridized carbons (Fsp3) is 0.250. The molecule has 1 unspecified atom stereocenters.